The van der Waals surface area contributed by atoms with Crippen LogP contribution in [0.4, 0.5) is 5.69 Å². The van der Waals surface area contributed by atoms with Crippen LogP contribution in [0, 0.1) is 0 Å². The summed E-state index contributed by atoms with van der Waals surface area (Å²) in [6.07, 6.45) is 9.18. The number of pyridine rings is 1. The summed E-state index contributed by atoms with van der Waals surface area (Å²) < 4.78 is 3.38. The largest absolute Gasteiger partial charge is 0.366 e. The van der Waals surface area contributed by atoms with Crippen LogP contribution in [-0.2, 0) is 6.54 Å². The molecule has 28 heavy (non-hydrogen) atoms. The quantitative estimate of drug-likeness (QED) is 0.551. The highest BCUT2D eigenvalue weighted by atomic mass is 16.1. The van der Waals surface area contributed by atoms with E-state index in [9.17, 15) is 4.79 Å². The van der Waals surface area contributed by atoms with Crippen molar-refractivity contribution < 1.29 is 0 Å². The fourth-order valence-corrected chi connectivity index (χ4v) is 3.97. The van der Waals surface area contributed by atoms with Crippen molar-refractivity contribution in [2.24, 2.45) is 0 Å². The third-order valence-corrected chi connectivity index (χ3v) is 5.32. The van der Waals surface area contributed by atoms with Gasteiger partial charge in [-0.25, -0.2) is 9.67 Å². The monoisotopic (exact) mass is 372 g/mol. The molecule has 0 radical (unpaired) electrons. The maximum absolute atomic E-state index is 12.4. The third-order valence-electron chi connectivity index (χ3n) is 5.32. The lowest BCUT2D eigenvalue weighted by molar-refractivity contribution is 0.486. The van der Waals surface area contributed by atoms with E-state index in [1.54, 1.807) is 33.9 Å². The lowest BCUT2D eigenvalue weighted by atomic mass is 10.1. The summed E-state index contributed by atoms with van der Waals surface area (Å²) >= 11 is 0. The second-order valence-electron chi connectivity index (χ2n) is 7.02. The van der Waals surface area contributed by atoms with Gasteiger partial charge in [0.05, 0.1) is 12.1 Å². The minimum Gasteiger partial charge on any atom is -0.366 e. The maximum atomic E-state index is 12.4. The van der Waals surface area contributed by atoms with Gasteiger partial charge >= 0.3 is 0 Å². The second kappa shape index (κ2) is 6.92. The molecular formula is C21H20N6O. The minimum atomic E-state index is -0.0877. The summed E-state index contributed by atoms with van der Waals surface area (Å²) in [7, 11) is 0. The van der Waals surface area contributed by atoms with Crippen LogP contribution in [0.25, 0.3) is 16.7 Å². The van der Waals surface area contributed by atoms with E-state index in [1.165, 1.54) is 5.69 Å². The summed E-state index contributed by atoms with van der Waals surface area (Å²) in [6, 6.07) is 13.8. The summed E-state index contributed by atoms with van der Waals surface area (Å²) in [6.45, 7) is 1.52. The number of aromatic nitrogens is 5. The average molecular weight is 372 g/mol. The van der Waals surface area contributed by atoms with Gasteiger partial charge in [0.15, 0.2) is 5.82 Å². The van der Waals surface area contributed by atoms with Gasteiger partial charge in [-0.05, 0) is 31.0 Å². The highest BCUT2D eigenvalue weighted by Gasteiger charge is 2.27. The van der Waals surface area contributed by atoms with Gasteiger partial charge in [-0.1, -0.05) is 18.2 Å². The first-order valence-electron chi connectivity index (χ1n) is 9.46. The first-order chi connectivity index (χ1) is 13.8. The van der Waals surface area contributed by atoms with Crippen LogP contribution in [0.2, 0.25) is 0 Å². The van der Waals surface area contributed by atoms with Crippen molar-refractivity contribution in [3.63, 3.8) is 0 Å². The van der Waals surface area contributed by atoms with Crippen molar-refractivity contribution >= 4 is 16.6 Å². The van der Waals surface area contributed by atoms with E-state index in [0.29, 0.717) is 12.4 Å². The van der Waals surface area contributed by atoms with Crippen LogP contribution in [0.1, 0.15) is 12.8 Å². The molecule has 3 aromatic heterocycles. The highest BCUT2D eigenvalue weighted by Crippen LogP contribution is 2.31. The van der Waals surface area contributed by atoms with Crippen molar-refractivity contribution in [1.82, 2.24) is 24.3 Å². The molecule has 0 N–H and O–H groups in total. The summed E-state index contributed by atoms with van der Waals surface area (Å²) in [4.78, 5) is 23.4. The van der Waals surface area contributed by atoms with Gasteiger partial charge < -0.3 is 4.90 Å². The van der Waals surface area contributed by atoms with Crippen molar-refractivity contribution in [3.05, 3.63) is 77.7 Å². The molecule has 0 saturated carbocycles. The molecule has 4 heterocycles. The van der Waals surface area contributed by atoms with E-state index >= 15 is 0 Å². The number of anilines is 1. The Bertz CT molecular complexity index is 1160. The molecule has 1 aliphatic heterocycles. The Morgan fingerprint density at radius 2 is 2.00 bits per heavy atom. The number of hydrogen-bond acceptors (Lipinski definition) is 5. The smallest absolute Gasteiger partial charge is 0.266 e. The van der Waals surface area contributed by atoms with Gasteiger partial charge in [0.2, 0.25) is 0 Å². The van der Waals surface area contributed by atoms with E-state index < -0.39 is 0 Å². The lowest BCUT2D eigenvalue weighted by Crippen LogP contribution is -2.37. The number of imidazole rings is 1. The SMILES string of the molecule is O=c1ccc(-n2ccnc2)nn1CC1CCCN1c1ccnc2ccccc12. The van der Waals surface area contributed by atoms with E-state index in [2.05, 4.69) is 32.1 Å². The molecule has 1 unspecified atom stereocenters. The Labute approximate surface area is 161 Å². The molecule has 1 aromatic carbocycles. The maximum Gasteiger partial charge on any atom is 0.266 e. The highest BCUT2D eigenvalue weighted by molar-refractivity contribution is 5.91. The second-order valence-corrected chi connectivity index (χ2v) is 7.02. The van der Waals surface area contributed by atoms with Crippen LogP contribution in [0.3, 0.4) is 0 Å². The van der Waals surface area contributed by atoms with Crippen LogP contribution in [0.5, 0.6) is 0 Å². The number of hydrogen-bond donors (Lipinski definition) is 0. The molecule has 1 fully saturated rings. The normalized spacial score (nSPS) is 16.7. The molecule has 5 rings (SSSR count). The summed E-state index contributed by atoms with van der Waals surface area (Å²) in [5.41, 5.74) is 2.07. The zero-order valence-electron chi connectivity index (χ0n) is 15.3. The molecule has 7 heteroatoms. The minimum absolute atomic E-state index is 0.0877. The van der Waals surface area contributed by atoms with Gasteiger partial charge in [0.1, 0.15) is 6.33 Å². The average Bonchev–Trinajstić information content (AvgIpc) is 3.41. The van der Waals surface area contributed by atoms with Gasteiger partial charge in [0, 0.05) is 48.3 Å². The number of fused-ring (bicyclic) bond motifs is 1. The molecular weight excluding hydrogens is 352 g/mol. The Balaban J connectivity index is 1.48. The summed E-state index contributed by atoms with van der Waals surface area (Å²) in [5.74, 6) is 0.691. The molecule has 140 valence electrons. The van der Waals surface area contributed by atoms with E-state index in [4.69, 9.17) is 0 Å². The van der Waals surface area contributed by atoms with Gasteiger partial charge in [-0.15, -0.1) is 0 Å². The summed E-state index contributed by atoms with van der Waals surface area (Å²) in [5, 5.41) is 5.70. The van der Waals surface area contributed by atoms with Crippen LogP contribution in [-0.4, -0.2) is 36.9 Å². The molecule has 4 aromatic rings. The van der Waals surface area contributed by atoms with Crippen LogP contribution in [0.15, 0.2) is 72.2 Å². The Hall–Kier alpha value is -3.48. The van der Waals surface area contributed by atoms with Gasteiger partial charge in [-0.2, -0.15) is 5.10 Å². The first-order valence-corrected chi connectivity index (χ1v) is 9.46. The topological polar surface area (TPSA) is 68.8 Å². The van der Waals surface area contributed by atoms with Gasteiger partial charge in [0.25, 0.3) is 5.56 Å². The van der Waals surface area contributed by atoms with Crippen molar-refractivity contribution in [1.29, 1.82) is 0 Å². The molecule has 0 amide bonds. The van der Waals surface area contributed by atoms with Crippen LogP contribution < -0.4 is 10.5 Å². The molecule has 0 spiro atoms. The molecule has 1 atom stereocenters. The third kappa shape index (κ3) is 2.94. The molecule has 0 aliphatic carbocycles. The molecule has 7 nitrogen and oxygen atoms in total. The van der Waals surface area contributed by atoms with E-state index in [0.717, 1.165) is 30.3 Å². The zero-order chi connectivity index (χ0) is 18.9. The number of rotatable bonds is 4. The predicted octanol–water partition coefficient (Wildman–Crippen LogP) is 2.65. The van der Waals surface area contributed by atoms with Crippen molar-refractivity contribution in [3.8, 4) is 5.82 Å². The standard InChI is InChI=1S/C21H20N6O/c28-21-8-7-20(25-13-11-22-15-25)24-27(21)14-16-4-3-12-26(16)19-9-10-23-18-6-2-1-5-17(18)19/h1-2,5-11,13,15-16H,3-4,12,14H2. The zero-order valence-corrected chi connectivity index (χ0v) is 15.3. The number of benzene rings is 1. The lowest BCUT2D eigenvalue weighted by Gasteiger charge is -2.28. The first kappa shape index (κ1) is 16.7. The van der Waals surface area contributed by atoms with E-state index in [1.807, 2.05) is 30.6 Å². The number of para-hydroxylation sites is 1. The fourth-order valence-electron chi connectivity index (χ4n) is 3.97. The Morgan fingerprint density at radius 1 is 1.07 bits per heavy atom. The van der Waals surface area contributed by atoms with Crippen LogP contribution >= 0.6 is 0 Å². The van der Waals surface area contributed by atoms with Gasteiger partial charge in [-0.3, -0.25) is 14.3 Å². The number of nitrogens with zero attached hydrogens (tertiary/aromatic N) is 6. The molecule has 1 saturated heterocycles. The van der Waals surface area contributed by atoms with E-state index in [-0.39, 0.29) is 11.6 Å². The molecule has 0 bridgehead atoms. The predicted molar refractivity (Wildman–Crippen MR) is 108 cm³/mol. The Morgan fingerprint density at radius 3 is 2.89 bits per heavy atom. The van der Waals surface area contributed by atoms with Crippen molar-refractivity contribution in [2.75, 3.05) is 11.4 Å². The Kier molecular flexibility index (Phi) is 4.12. The molecule has 1 aliphatic rings. The fraction of sp³-hybridized carbons (Fsp3) is 0.238. The van der Waals surface area contributed by atoms with Crippen molar-refractivity contribution in [2.45, 2.75) is 25.4 Å².